The van der Waals surface area contributed by atoms with Crippen molar-refractivity contribution in [2.75, 3.05) is 0 Å². The maximum atomic E-state index is 10.1. The van der Waals surface area contributed by atoms with E-state index < -0.39 is 0 Å². The van der Waals surface area contributed by atoms with Gasteiger partial charge in [0.05, 0.1) is 6.10 Å². The predicted octanol–water partition coefficient (Wildman–Crippen LogP) is 4.23. The van der Waals surface area contributed by atoms with Gasteiger partial charge in [-0.3, -0.25) is 0 Å². The van der Waals surface area contributed by atoms with Gasteiger partial charge in [-0.1, -0.05) is 42.3 Å². The molecule has 0 bridgehead atoms. The van der Waals surface area contributed by atoms with Crippen molar-refractivity contribution in [3.8, 4) is 0 Å². The number of rotatable bonds is 4. The SMILES string of the molecule is CCC(C)CC(O)c1cc(C)cc(Br)c1. The van der Waals surface area contributed by atoms with E-state index in [1.807, 2.05) is 13.0 Å². The number of halogens is 1. The third-order valence-electron chi connectivity index (χ3n) is 2.77. The number of aryl methyl sites for hydroxylation is 1. The molecule has 84 valence electrons. The van der Waals surface area contributed by atoms with Crippen LogP contribution in [0.1, 0.15) is 43.9 Å². The summed E-state index contributed by atoms with van der Waals surface area (Å²) >= 11 is 3.45. The lowest BCUT2D eigenvalue weighted by Gasteiger charge is -2.16. The fraction of sp³-hybridized carbons (Fsp3) is 0.538. The summed E-state index contributed by atoms with van der Waals surface area (Å²) in [5.74, 6) is 0.569. The predicted molar refractivity (Wildman–Crippen MR) is 67.9 cm³/mol. The number of aliphatic hydroxyl groups excluding tert-OH is 1. The van der Waals surface area contributed by atoms with E-state index in [0.29, 0.717) is 5.92 Å². The van der Waals surface area contributed by atoms with Crippen molar-refractivity contribution in [1.29, 1.82) is 0 Å². The molecule has 1 aromatic rings. The van der Waals surface area contributed by atoms with E-state index in [1.165, 1.54) is 5.56 Å². The van der Waals surface area contributed by atoms with Crippen molar-refractivity contribution in [3.05, 3.63) is 33.8 Å². The molecule has 2 atom stereocenters. The zero-order valence-electron chi connectivity index (χ0n) is 9.63. The molecule has 0 aliphatic rings. The van der Waals surface area contributed by atoms with Crippen LogP contribution in [-0.4, -0.2) is 5.11 Å². The molecule has 0 spiro atoms. The summed E-state index contributed by atoms with van der Waals surface area (Å²) in [4.78, 5) is 0. The summed E-state index contributed by atoms with van der Waals surface area (Å²) < 4.78 is 1.04. The van der Waals surface area contributed by atoms with Gasteiger partial charge in [-0.25, -0.2) is 0 Å². The lowest BCUT2D eigenvalue weighted by Crippen LogP contribution is -2.04. The van der Waals surface area contributed by atoms with Crippen molar-refractivity contribution in [1.82, 2.24) is 0 Å². The molecule has 0 fully saturated rings. The Morgan fingerprint density at radius 1 is 1.33 bits per heavy atom. The van der Waals surface area contributed by atoms with Gasteiger partial charge in [0, 0.05) is 4.47 Å². The minimum atomic E-state index is -0.337. The van der Waals surface area contributed by atoms with Crippen molar-refractivity contribution in [2.45, 2.75) is 39.7 Å². The van der Waals surface area contributed by atoms with Crippen LogP contribution in [0.2, 0.25) is 0 Å². The first-order valence-corrected chi connectivity index (χ1v) is 6.27. The average Bonchev–Trinajstić information content (AvgIpc) is 2.16. The first-order valence-electron chi connectivity index (χ1n) is 5.48. The summed E-state index contributed by atoms with van der Waals surface area (Å²) in [6, 6.07) is 6.11. The minimum Gasteiger partial charge on any atom is -0.388 e. The van der Waals surface area contributed by atoms with Gasteiger partial charge in [-0.05, 0) is 42.5 Å². The molecule has 0 saturated heterocycles. The molecule has 0 aliphatic heterocycles. The highest BCUT2D eigenvalue weighted by Crippen LogP contribution is 2.26. The van der Waals surface area contributed by atoms with E-state index in [9.17, 15) is 5.11 Å². The van der Waals surface area contributed by atoms with Crippen LogP contribution >= 0.6 is 15.9 Å². The van der Waals surface area contributed by atoms with Crippen molar-refractivity contribution in [3.63, 3.8) is 0 Å². The van der Waals surface area contributed by atoms with Crippen molar-refractivity contribution in [2.24, 2.45) is 5.92 Å². The second-order valence-corrected chi connectivity index (χ2v) is 5.24. The van der Waals surface area contributed by atoms with Gasteiger partial charge in [-0.15, -0.1) is 0 Å². The van der Waals surface area contributed by atoms with Gasteiger partial charge in [0.25, 0.3) is 0 Å². The van der Waals surface area contributed by atoms with Crippen molar-refractivity contribution >= 4 is 15.9 Å². The van der Waals surface area contributed by atoms with Crippen molar-refractivity contribution < 1.29 is 5.11 Å². The lowest BCUT2D eigenvalue weighted by molar-refractivity contribution is 0.146. The van der Waals surface area contributed by atoms with E-state index in [0.717, 1.165) is 22.9 Å². The molecule has 1 nitrogen and oxygen atoms in total. The Morgan fingerprint density at radius 2 is 2.00 bits per heavy atom. The Labute approximate surface area is 101 Å². The zero-order valence-corrected chi connectivity index (χ0v) is 11.2. The number of aliphatic hydroxyl groups is 1. The van der Waals surface area contributed by atoms with Gasteiger partial charge in [0.15, 0.2) is 0 Å². The van der Waals surface area contributed by atoms with Gasteiger partial charge >= 0.3 is 0 Å². The third-order valence-corrected chi connectivity index (χ3v) is 3.23. The van der Waals surface area contributed by atoms with Gasteiger partial charge in [0.1, 0.15) is 0 Å². The molecule has 0 aromatic heterocycles. The third kappa shape index (κ3) is 3.96. The molecule has 2 heteroatoms. The Bertz CT molecular complexity index is 302. The zero-order chi connectivity index (χ0) is 11.4. The quantitative estimate of drug-likeness (QED) is 0.869. The highest BCUT2D eigenvalue weighted by Gasteiger charge is 2.11. The van der Waals surface area contributed by atoms with Crippen LogP contribution in [0.25, 0.3) is 0 Å². The Balaban J connectivity index is 2.77. The van der Waals surface area contributed by atoms with Gasteiger partial charge in [0.2, 0.25) is 0 Å². The van der Waals surface area contributed by atoms with Gasteiger partial charge in [-0.2, -0.15) is 0 Å². The fourth-order valence-electron chi connectivity index (χ4n) is 1.64. The fourth-order valence-corrected chi connectivity index (χ4v) is 2.27. The van der Waals surface area contributed by atoms with E-state index in [1.54, 1.807) is 0 Å². The molecular formula is C13H19BrO. The molecule has 0 aliphatic carbocycles. The van der Waals surface area contributed by atoms with E-state index in [2.05, 4.69) is 41.9 Å². The van der Waals surface area contributed by atoms with Gasteiger partial charge < -0.3 is 5.11 Å². The highest BCUT2D eigenvalue weighted by molar-refractivity contribution is 9.10. The summed E-state index contributed by atoms with van der Waals surface area (Å²) in [7, 11) is 0. The highest BCUT2D eigenvalue weighted by atomic mass is 79.9. The average molecular weight is 271 g/mol. The largest absolute Gasteiger partial charge is 0.388 e. The summed E-state index contributed by atoms with van der Waals surface area (Å²) in [5, 5.41) is 10.1. The van der Waals surface area contributed by atoms with Crippen LogP contribution < -0.4 is 0 Å². The maximum Gasteiger partial charge on any atom is 0.0793 e. The molecule has 0 saturated carbocycles. The summed E-state index contributed by atoms with van der Waals surface area (Å²) in [5.41, 5.74) is 2.20. The molecule has 1 aromatic carbocycles. The van der Waals surface area contributed by atoms with Crippen LogP contribution in [0.5, 0.6) is 0 Å². The smallest absolute Gasteiger partial charge is 0.0793 e. The normalized spacial score (nSPS) is 15.0. The number of hydrogen-bond acceptors (Lipinski definition) is 1. The number of benzene rings is 1. The second kappa shape index (κ2) is 5.66. The Kier molecular flexibility index (Phi) is 4.81. The topological polar surface area (TPSA) is 20.2 Å². The molecule has 2 unspecified atom stereocenters. The Morgan fingerprint density at radius 3 is 2.53 bits per heavy atom. The molecule has 0 heterocycles. The summed E-state index contributed by atoms with van der Waals surface area (Å²) in [6.45, 7) is 6.38. The van der Waals surface area contributed by atoms with E-state index in [-0.39, 0.29) is 6.10 Å². The first-order chi connectivity index (χ1) is 7.02. The second-order valence-electron chi connectivity index (χ2n) is 4.33. The molecule has 1 rings (SSSR count). The van der Waals surface area contributed by atoms with Crippen LogP contribution in [0.4, 0.5) is 0 Å². The molecule has 0 radical (unpaired) electrons. The monoisotopic (exact) mass is 270 g/mol. The molecule has 0 amide bonds. The summed E-state index contributed by atoms with van der Waals surface area (Å²) in [6.07, 6.45) is 1.62. The maximum absolute atomic E-state index is 10.1. The molecule has 1 N–H and O–H groups in total. The Hall–Kier alpha value is -0.340. The van der Waals surface area contributed by atoms with Crippen LogP contribution in [0.3, 0.4) is 0 Å². The van der Waals surface area contributed by atoms with Crippen LogP contribution in [-0.2, 0) is 0 Å². The number of hydrogen-bond donors (Lipinski definition) is 1. The van der Waals surface area contributed by atoms with Crippen LogP contribution in [0, 0.1) is 12.8 Å². The van der Waals surface area contributed by atoms with Crippen LogP contribution in [0.15, 0.2) is 22.7 Å². The van der Waals surface area contributed by atoms with E-state index in [4.69, 9.17) is 0 Å². The standard InChI is InChI=1S/C13H19BrO/c1-4-9(2)7-13(15)11-5-10(3)6-12(14)8-11/h5-6,8-9,13,15H,4,7H2,1-3H3. The molecule has 15 heavy (non-hydrogen) atoms. The lowest BCUT2D eigenvalue weighted by atomic mass is 9.96. The molecular weight excluding hydrogens is 252 g/mol. The van der Waals surface area contributed by atoms with E-state index >= 15 is 0 Å². The minimum absolute atomic E-state index is 0.337. The first kappa shape index (κ1) is 12.7.